The van der Waals surface area contributed by atoms with Crippen LogP contribution in [0.25, 0.3) is 0 Å². The Hall–Kier alpha value is -3.70. The molecule has 1 aromatic rings. The molecule has 1 saturated heterocycles. The Balaban J connectivity index is 1.88. The van der Waals surface area contributed by atoms with Crippen LogP contribution in [0.3, 0.4) is 0 Å². The van der Waals surface area contributed by atoms with Gasteiger partial charge in [-0.3, -0.25) is 25.0 Å². The van der Waals surface area contributed by atoms with Crippen LogP contribution in [0, 0.1) is 16.0 Å². The third kappa shape index (κ3) is 4.95. The molecule has 0 radical (unpaired) electrons. The van der Waals surface area contributed by atoms with Gasteiger partial charge in [0, 0.05) is 38.3 Å². The average Bonchev–Trinajstić information content (AvgIpc) is 2.79. The van der Waals surface area contributed by atoms with Gasteiger partial charge in [0.1, 0.15) is 6.04 Å². The van der Waals surface area contributed by atoms with Gasteiger partial charge in [0.05, 0.1) is 18.1 Å². The van der Waals surface area contributed by atoms with Crippen molar-refractivity contribution in [3.05, 3.63) is 39.9 Å². The molecule has 12 heteroatoms. The standard InChI is InChI=1S/C20H25N5O7/c1-3-31-18(27)15-16(13-6-5-7-14(12-13)25(29)30)21-19(22-17(15)26)23-8-10-24(11-9-23)20(28)32-4-2/h5-7,12,15-16H,3-4,8-11H2,1-2H3,(H,21,22,26)/t15-,16+/m0/s1. The summed E-state index contributed by atoms with van der Waals surface area (Å²) in [6.45, 7) is 5.24. The Kier molecular flexibility index (Phi) is 7.23. The SMILES string of the molecule is CCOC(=O)[C@@H]1C(=O)NC(N2CCN(C(=O)OCC)CC2)=N[C@@H]1c1cccc([N+](=O)[O-])c1. The smallest absolute Gasteiger partial charge is 0.409 e. The first kappa shape index (κ1) is 23.0. The summed E-state index contributed by atoms with van der Waals surface area (Å²) in [5, 5.41) is 13.9. The van der Waals surface area contributed by atoms with Crippen molar-refractivity contribution >= 4 is 29.6 Å². The number of hydrogen-bond donors (Lipinski definition) is 1. The molecule has 2 amide bonds. The van der Waals surface area contributed by atoms with Crippen LogP contribution in [0.2, 0.25) is 0 Å². The second-order valence-corrected chi connectivity index (χ2v) is 7.14. The highest BCUT2D eigenvalue weighted by Gasteiger charge is 2.42. The summed E-state index contributed by atoms with van der Waals surface area (Å²) in [5.74, 6) is -2.38. The number of amides is 2. The Bertz CT molecular complexity index is 927. The van der Waals surface area contributed by atoms with E-state index in [9.17, 15) is 24.5 Å². The number of ether oxygens (including phenoxy) is 2. The van der Waals surface area contributed by atoms with Crippen LogP contribution < -0.4 is 5.32 Å². The molecule has 0 unspecified atom stereocenters. The lowest BCUT2D eigenvalue weighted by Crippen LogP contribution is -2.58. The summed E-state index contributed by atoms with van der Waals surface area (Å²) in [7, 11) is 0. The van der Waals surface area contributed by atoms with E-state index < -0.39 is 34.9 Å². The molecule has 172 valence electrons. The maximum atomic E-state index is 12.9. The molecular formula is C20H25N5O7. The van der Waals surface area contributed by atoms with E-state index >= 15 is 0 Å². The Morgan fingerprint density at radius 2 is 1.88 bits per heavy atom. The molecule has 1 fully saturated rings. The Morgan fingerprint density at radius 1 is 1.19 bits per heavy atom. The number of esters is 1. The lowest BCUT2D eigenvalue weighted by molar-refractivity contribution is -0.384. The fraction of sp³-hybridized carbons (Fsp3) is 0.500. The molecule has 0 aromatic heterocycles. The second kappa shape index (κ2) is 10.1. The van der Waals surface area contributed by atoms with E-state index in [-0.39, 0.29) is 24.9 Å². The number of carbonyl (C=O) groups excluding carboxylic acids is 3. The molecule has 0 bridgehead atoms. The minimum absolute atomic E-state index is 0.0800. The summed E-state index contributed by atoms with van der Waals surface area (Å²) >= 11 is 0. The van der Waals surface area contributed by atoms with Gasteiger partial charge in [0.25, 0.3) is 5.69 Å². The molecule has 2 atom stereocenters. The fourth-order valence-corrected chi connectivity index (χ4v) is 3.60. The number of rotatable bonds is 5. The number of nitrogens with one attached hydrogen (secondary N) is 1. The van der Waals surface area contributed by atoms with E-state index in [1.54, 1.807) is 29.7 Å². The van der Waals surface area contributed by atoms with Crippen LogP contribution in [0.4, 0.5) is 10.5 Å². The molecular weight excluding hydrogens is 422 g/mol. The van der Waals surface area contributed by atoms with E-state index in [0.717, 1.165) is 0 Å². The maximum Gasteiger partial charge on any atom is 0.409 e. The number of carbonyl (C=O) groups is 3. The highest BCUT2D eigenvalue weighted by Crippen LogP contribution is 2.32. The molecule has 1 aromatic carbocycles. The largest absolute Gasteiger partial charge is 0.465 e. The first-order chi connectivity index (χ1) is 15.3. The minimum Gasteiger partial charge on any atom is -0.465 e. The van der Waals surface area contributed by atoms with Gasteiger partial charge in [-0.1, -0.05) is 12.1 Å². The number of nitro groups is 1. The topological polar surface area (TPSA) is 144 Å². The minimum atomic E-state index is -1.28. The number of nitro benzene ring substituents is 1. The van der Waals surface area contributed by atoms with Crippen molar-refractivity contribution in [2.24, 2.45) is 10.9 Å². The highest BCUT2D eigenvalue weighted by atomic mass is 16.6. The van der Waals surface area contributed by atoms with Crippen LogP contribution in [0.1, 0.15) is 25.5 Å². The van der Waals surface area contributed by atoms with Crippen molar-refractivity contribution in [1.29, 1.82) is 0 Å². The molecule has 0 saturated carbocycles. The number of hydrogen-bond acceptors (Lipinski definition) is 9. The normalized spacial score (nSPS) is 20.8. The molecule has 1 N–H and O–H groups in total. The molecule has 32 heavy (non-hydrogen) atoms. The van der Waals surface area contributed by atoms with E-state index in [1.165, 1.54) is 18.2 Å². The molecule has 12 nitrogen and oxygen atoms in total. The zero-order valence-corrected chi connectivity index (χ0v) is 17.9. The van der Waals surface area contributed by atoms with E-state index in [0.29, 0.717) is 31.7 Å². The number of benzene rings is 1. The van der Waals surface area contributed by atoms with Crippen LogP contribution in [-0.4, -0.2) is 78.0 Å². The second-order valence-electron chi connectivity index (χ2n) is 7.14. The predicted molar refractivity (Wildman–Crippen MR) is 112 cm³/mol. The third-order valence-corrected chi connectivity index (χ3v) is 5.16. The number of non-ortho nitro benzene ring substituents is 1. The zero-order chi connectivity index (χ0) is 23.3. The zero-order valence-electron chi connectivity index (χ0n) is 17.9. The van der Waals surface area contributed by atoms with Gasteiger partial charge in [-0.15, -0.1) is 0 Å². The van der Waals surface area contributed by atoms with Gasteiger partial charge >= 0.3 is 12.1 Å². The molecule has 2 aliphatic rings. The summed E-state index contributed by atoms with van der Waals surface area (Å²) in [6.07, 6.45) is -0.404. The monoisotopic (exact) mass is 447 g/mol. The summed E-state index contributed by atoms with van der Waals surface area (Å²) in [5.41, 5.74) is 0.186. The maximum absolute atomic E-state index is 12.9. The van der Waals surface area contributed by atoms with Crippen LogP contribution in [-0.2, 0) is 19.1 Å². The number of nitrogens with zero attached hydrogens (tertiary/aromatic N) is 4. The van der Waals surface area contributed by atoms with Crippen molar-refractivity contribution < 1.29 is 28.8 Å². The quantitative estimate of drug-likeness (QED) is 0.306. The summed E-state index contributed by atoms with van der Waals surface area (Å²) < 4.78 is 10.1. The average molecular weight is 447 g/mol. The molecule has 0 spiro atoms. The van der Waals surface area contributed by atoms with E-state index in [2.05, 4.69) is 10.3 Å². The molecule has 2 heterocycles. The van der Waals surface area contributed by atoms with Crippen molar-refractivity contribution in [1.82, 2.24) is 15.1 Å². The first-order valence-electron chi connectivity index (χ1n) is 10.3. The van der Waals surface area contributed by atoms with Crippen molar-refractivity contribution in [2.45, 2.75) is 19.9 Å². The van der Waals surface area contributed by atoms with Crippen molar-refractivity contribution in [2.75, 3.05) is 39.4 Å². The van der Waals surface area contributed by atoms with E-state index in [1.807, 2.05) is 0 Å². The summed E-state index contributed by atoms with van der Waals surface area (Å²) in [4.78, 5) is 55.9. The Labute approximate surface area is 184 Å². The van der Waals surface area contributed by atoms with Gasteiger partial charge < -0.3 is 19.3 Å². The Morgan fingerprint density at radius 3 is 2.50 bits per heavy atom. The van der Waals surface area contributed by atoms with Gasteiger partial charge in [0.2, 0.25) is 11.9 Å². The molecule has 3 rings (SSSR count). The lowest BCUT2D eigenvalue weighted by Gasteiger charge is -2.38. The van der Waals surface area contributed by atoms with Crippen LogP contribution in [0.15, 0.2) is 29.3 Å². The van der Waals surface area contributed by atoms with Gasteiger partial charge in [-0.25, -0.2) is 9.79 Å². The fourth-order valence-electron chi connectivity index (χ4n) is 3.60. The van der Waals surface area contributed by atoms with Crippen LogP contribution >= 0.6 is 0 Å². The predicted octanol–water partition coefficient (Wildman–Crippen LogP) is 1.08. The molecule has 2 aliphatic heterocycles. The highest BCUT2D eigenvalue weighted by molar-refractivity contribution is 6.08. The third-order valence-electron chi connectivity index (χ3n) is 5.16. The van der Waals surface area contributed by atoms with Gasteiger partial charge in [-0.05, 0) is 19.4 Å². The van der Waals surface area contributed by atoms with Crippen molar-refractivity contribution in [3.8, 4) is 0 Å². The van der Waals surface area contributed by atoms with Gasteiger partial charge in [0.15, 0.2) is 5.92 Å². The van der Waals surface area contributed by atoms with Gasteiger partial charge in [-0.2, -0.15) is 0 Å². The number of guanidine groups is 1. The number of piperazine rings is 1. The number of aliphatic imine (C=N–C) groups is 1. The summed E-state index contributed by atoms with van der Waals surface area (Å²) in [6, 6.07) is 4.71. The van der Waals surface area contributed by atoms with Crippen LogP contribution in [0.5, 0.6) is 0 Å². The van der Waals surface area contributed by atoms with Crippen molar-refractivity contribution in [3.63, 3.8) is 0 Å². The van der Waals surface area contributed by atoms with E-state index in [4.69, 9.17) is 9.47 Å². The first-order valence-corrected chi connectivity index (χ1v) is 10.3. The molecule has 0 aliphatic carbocycles. The lowest BCUT2D eigenvalue weighted by atomic mass is 9.91.